The van der Waals surface area contributed by atoms with Crippen molar-refractivity contribution in [3.63, 3.8) is 0 Å². The average molecular weight is 185 g/mol. The van der Waals surface area contributed by atoms with E-state index in [-0.39, 0.29) is 6.03 Å². The molecular weight excluding hydrogens is 166 g/mol. The fourth-order valence-corrected chi connectivity index (χ4v) is 1.81. The van der Waals surface area contributed by atoms with Crippen molar-refractivity contribution in [1.29, 1.82) is 0 Å². The van der Waals surface area contributed by atoms with E-state index < -0.39 is 0 Å². The number of carbonyl (C=O) groups is 1. The fraction of sp³-hybridized carbons (Fsp3) is 0.889. The predicted molar refractivity (Wildman–Crippen MR) is 52.2 cm³/mol. The van der Waals surface area contributed by atoms with E-state index in [2.05, 4.69) is 24.6 Å². The SMILES string of the molecule is CNC(=O)NN1C(C)CCCC1C. The number of urea groups is 1. The first kappa shape index (κ1) is 10.3. The van der Waals surface area contributed by atoms with E-state index >= 15 is 0 Å². The lowest BCUT2D eigenvalue weighted by Crippen LogP contribution is -2.56. The number of carbonyl (C=O) groups excluding carboxylic acids is 1. The zero-order valence-corrected chi connectivity index (χ0v) is 8.63. The molecule has 0 bridgehead atoms. The number of hydrogen-bond acceptors (Lipinski definition) is 2. The highest BCUT2D eigenvalue weighted by molar-refractivity contribution is 5.72. The molecule has 2 unspecified atom stereocenters. The quantitative estimate of drug-likeness (QED) is 0.642. The fourth-order valence-electron chi connectivity index (χ4n) is 1.81. The number of rotatable bonds is 1. The van der Waals surface area contributed by atoms with Crippen LogP contribution in [0.15, 0.2) is 0 Å². The molecule has 4 nitrogen and oxygen atoms in total. The molecule has 1 saturated heterocycles. The molecule has 1 fully saturated rings. The second-order valence-electron chi connectivity index (χ2n) is 3.73. The number of piperidine rings is 1. The van der Waals surface area contributed by atoms with Crippen LogP contribution in [0.25, 0.3) is 0 Å². The Balaban J connectivity index is 2.48. The average Bonchev–Trinajstić information content (AvgIpc) is 2.11. The molecule has 0 spiro atoms. The summed E-state index contributed by atoms with van der Waals surface area (Å²) in [5.74, 6) is 0. The van der Waals surface area contributed by atoms with Crippen molar-refractivity contribution in [2.75, 3.05) is 7.05 Å². The van der Waals surface area contributed by atoms with Crippen molar-refractivity contribution in [3.05, 3.63) is 0 Å². The molecule has 13 heavy (non-hydrogen) atoms. The Morgan fingerprint density at radius 1 is 1.31 bits per heavy atom. The van der Waals surface area contributed by atoms with Crippen molar-refractivity contribution in [2.24, 2.45) is 0 Å². The van der Waals surface area contributed by atoms with E-state index in [1.807, 2.05) is 5.01 Å². The zero-order valence-electron chi connectivity index (χ0n) is 8.63. The standard InChI is InChI=1S/C9H19N3O/c1-7-5-4-6-8(2)12(7)11-9(13)10-3/h7-8H,4-6H2,1-3H3,(H2,10,11,13). The van der Waals surface area contributed by atoms with E-state index in [4.69, 9.17) is 0 Å². The van der Waals surface area contributed by atoms with Gasteiger partial charge in [-0.3, -0.25) is 5.43 Å². The summed E-state index contributed by atoms with van der Waals surface area (Å²) in [6, 6.07) is 0.766. The maximum absolute atomic E-state index is 11.1. The molecule has 1 aliphatic rings. The van der Waals surface area contributed by atoms with E-state index in [0.29, 0.717) is 12.1 Å². The van der Waals surface area contributed by atoms with Crippen LogP contribution in [0.2, 0.25) is 0 Å². The highest BCUT2D eigenvalue weighted by Gasteiger charge is 2.25. The first-order valence-electron chi connectivity index (χ1n) is 4.92. The molecule has 0 aromatic rings. The number of hydrazine groups is 1. The van der Waals surface area contributed by atoms with E-state index in [0.717, 1.165) is 12.8 Å². The molecule has 4 heteroatoms. The summed E-state index contributed by atoms with van der Waals surface area (Å²) in [5, 5.41) is 4.61. The third-order valence-electron chi connectivity index (χ3n) is 2.65. The van der Waals surface area contributed by atoms with Gasteiger partial charge < -0.3 is 5.32 Å². The Morgan fingerprint density at radius 3 is 2.31 bits per heavy atom. The largest absolute Gasteiger partial charge is 0.340 e. The molecule has 2 amide bonds. The van der Waals surface area contributed by atoms with Crippen molar-refractivity contribution >= 4 is 6.03 Å². The second-order valence-corrected chi connectivity index (χ2v) is 3.73. The van der Waals surface area contributed by atoms with Crippen molar-refractivity contribution < 1.29 is 4.79 Å². The number of nitrogens with zero attached hydrogens (tertiary/aromatic N) is 1. The molecule has 1 heterocycles. The highest BCUT2D eigenvalue weighted by atomic mass is 16.2. The number of nitrogens with one attached hydrogen (secondary N) is 2. The van der Waals surface area contributed by atoms with E-state index in [1.165, 1.54) is 6.42 Å². The van der Waals surface area contributed by atoms with Crippen LogP contribution in [-0.4, -0.2) is 30.2 Å². The summed E-state index contributed by atoms with van der Waals surface area (Å²) in [5.41, 5.74) is 2.85. The maximum atomic E-state index is 11.1. The number of amides is 2. The monoisotopic (exact) mass is 185 g/mol. The van der Waals surface area contributed by atoms with Gasteiger partial charge in [0.1, 0.15) is 0 Å². The van der Waals surface area contributed by atoms with Gasteiger partial charge in [-0.1, -0.05) is 6.42 Å². The van der Waals surface area contributed by atoms with Gasteiger partial charge in [0, 0.05) is 19.1 Å². The van der Waals surface area contributed by atoms with Crippen LogP contribution in [0.5, 0.6) is 0 Å². The Morgan fingerprint density at radius 2 is 1.85 bits per heavy atom. The minimum atomic E-state index is -0.124. The summed E-state index contributed by atoms with van der Waals surface area (Å²) in [6.07, 6.45) is 3.58. The minimum absolute atomic E-state index is 0.124. The first-order valence-corrected chi connectivity index (χ1v) is 4.92. The minimum Gasteiger partial charge on any atom is -0.340 e. The molecule has 0 aliphatic carbocycles. The molecule has 2 atom stereocenters. The van der Waals surface area contributed by atoms with Crippen molar-refractivity contribution in [3.8, 4) is 0 Å². The Bertz CT molecular complexity index is 174. The van der Waals surface area contributed by atoms with E-state index in [9.17, 15) is 4.79 Å². The van der Waals surface area contributed by atoms with Gasteiger partial charge in [0.25, 0.3) is 0 Å². The lowest BCUT2D eigenvalue weighted by Gasteiger charge is -2.38. The van der Waals surface area contributed by atoms with Crippen LogP contribution in [0.3, 0.4) is 0 Å². The van der Waals surface area contributed by atoms with Crippen LogP contribution in [0, 0.1) is 0 Å². The molecule has 1 aliphatic heterocycles. The summed E-state index contributed by atoms with van der Waals surface area (Å²) in [6.45, 7) is 4.29. The third-order valence-corrected chi connectivity index (χ3v) is 2.65. The zero-order chi connectivity index (χ0) is 9.84. The summed E-state index contributed by atoms with van der Waals surface area (Å²) >= 11 is 0. The molecule has 0 saturated carbocycles. The van der Waals surface area contributed by atoms with Gasteiger partial charge in [-0.15, -0.1) is 0 Å². The summed E-state index contributed by atoms with van der Waals surface area (Å²) in [7, 11) is 1.63. The Labute approximate surface area is 79.6 Å². The smallest absolute Gasteiger partial charge is 0.329 e. The molecule has 2 N–H and O–H groups in total. The molecule has 76 valence electrons. The van der Waals surface area contributed by atoms with Gasteiger partial charge in [-0.05, 0) is 26.7 Å². The Kier molecular flexibility index (Phi) is 3.54. The second kappa shape index (κ2) is 4.46. The van der Waals surface area contributed by atoms with Crippen molar-refractivity contribution in [2.45, 2.75) is 45.2 Å². The lowest BCUT2D eigenvalue weighted by atomic mass is 10.00. The molecular formula is C9H19N3O. The van der Waals surface area contributed by atoms with Crippen molar-refractivity contribution in [1.82, 2.24) is 15.8 Å². The summed E-state index contributed by atoms with van der Waals surface area (Å²) in [4.78, 5) is 11.1. The van der Waals surface area contributed by atoms with Crippen LogP contribution >= 0.6 is 0 Å². The number of hydrogen-bond donors (Lipinski definition) is 2. The van der Waals surface area contributed by atoms with Gasteiger partial charge in [0.15, 0.2) is 0 Å². The molecule has 0 aromatic carbocycles. The predicted octanol–water partition coefficient (Wildman–Crippen LogP) is 1.09. The van der Waals surface area contributed by atoms with Gasteiger partial charge in [-0.25, -0.2) is 9.80 Å². The lowest BCUT2D eigenvalue weighted by molar-refractivity contribution is 0.0599. The van der Waals surface area contributed by atoms with Gasteiger partial charge in [-0.2, -0.15) is 0 Å². The van der Waals surface area contributed by atoms with Crippen LogP contribution in [0.1, 0.15) is 33.1 Å². The van der Waals surface area contributed by atoms with Crippen LogP contribution < -0.4 is 10.7 Å². The van der Waals surface area contributed by atoms with Gasteiger partial charge in [0.2, 0.25) is 0 Å². The molecule has 1 rings (SSSR count). The highest BCUT2D eigenvalue weighted by Crippen LogP contribution is 2.19. The van der Waals surface area contributed by atoms with Crippen LogP contribution in [-0.2, 0) is 0 Å². The summed E-state index contributed by atoms with van der Waals surface area (Å²) < 4.78 is 0. The maximum Gasteiger partial charge on any atom is 0.329 e. The normalized spacial score (nSPS) is 29.8. The Hall–Kier alpha value is -0.770. The van der Waals surface area contributed by atoms with E-state index in [1.54, 1.807) is 7.05 Å². The molecule has 0 aromatic heterocycles. The first-order chi connectivity index (χ1) is 6.15. The van der Waals surface area contributed by atoms with Gasteiger partial charge in [0.05, 0.1) is 0 Å². The van der Waals surface area contributed by atoms with Crippen LogP contribution in [0.4, 0.5) is 4.79 Å². The topological polar surface area (TPSA) is 44.4 Å². The third kappa shape index (κ3) is 2.59. The van der Waals surface area contributed by atoms with Gasteiger partial charge >= 0.3 is 6.03 Å². The molecule has 0 radical (unpaired) electrons.